The number of hydrogen-bond donors (Lipinski definition) is 1. The van der Waals surface area contributed by atoms with Crippen LogP contribution in [0.4, 0.5) is 14.5 Å². The largest absolute Gasteiger partial charge is 0.441 e. The van der Waals surface area contributed by atoms with Gasteiger partial charge in [0, 0.05) is 29.5 Å². The number of aromatic nitrogens is 1. The molecule has 0 aliphatic carbocycles. The van der Waals surface area contributed by atoms with Gasteiger partial charge in [-0.05, 0) is 42.7 Å². The number of amides is 1. The number of oxazole rings is 1. The minimum Gasteiger partial charge on any atom is -0.441 e. The van der Waals surface area contributed by atoms with E-state index in [2.05, 4.69) is 10.3 Å². The number of nitrogens with zero attached hydrogens (tertiary/aromatic N) is 1. The Labute approximate surface area is 153 Å². The quantitative estimate of drug-likeness (QED) is 0.623. The molecular formula is C19H16F2N2O2S. The molecule has 0 aliphatic rings. The summed E-state index contributed by atoms with van der Waals surface area (Å²) >= 11 is 1.63. The molecule has 0 saturated carbocycles. The number of halogens is 2. The first-order valence-corrected chi connectivity index (χ1v) is 9.11. The van der Waals surface area contributed by atoms with Crippen molar-refractivity contribution in [3.8, 4) is 11.3 Å². The van der Waals surface area contributed by atoms with Crippen LogP contribution in [-0.2, 0) is 11.2 Å². The topological polar surface area (TPSA) is 55.1 Å². The maximum atomic E-state index is 13.8. The first-order chi connectivity index (χ1) is 12.5. The number of aryl methyl sites for hydroxylation is 1. The maximum Gasteiger partial charge on any atom is 0.224 e. The molecule has 0 atom stereocenters. The lowest BCUT2D eigenvalue weighted by molar-refractivity contribution is -0.116. The number of benzene rings is 2. The van der Waals surface area contributed by atoms with E-state index in [0.717, 1.165) is 17.0 Å². The van der Waals surface area contributed by atoms with Crippen LogP contribution < -0.4 is 5.32 Å². The molecule has 0 spiro atoms. The summed E-state index contributed by atoms with van der Waals surface area (Å²) in [7, 11) is 0. The van der Waals surface area contributed by atoms with Gasteiger partial charge in [-0.1, -0.05) is 0 Å². The fourth-order valence-electron chi connectivity index (χ4n) is 2.36. The van der Waals surface area contributed by atoms with E-state index in [0.29, 0.717) is 11.6 Å². The van der Waals surface area contributed by atoms with Gasteiger partial charge in [-0.25, -0.2) is 13.8 Å². The molecule has 0 saturated heterocycles. The zero-order chi connectivity index (χ0) is 18.5. The van der Waals surface area contributed by atoms with E-state index < -0.39 is 11.6 Å². The zero-order valence-electron chi connectivity index (χ0n) is 14.0. The number of anilines is 1. The van der Waals surface area contributed by atoms with Gasteiger partial charge in [0.15, 0.2) is 11.7 Å². The van der Waals surface area contributed by atoms with Gasteiger partial charge in [0.25, 0.3) is 0 Å². The highest BCUT2D eigenvalue weighted by Gasteiger charge is 2.13. The smallest absolute Gasteiger partial charge is 0.224 e. The van der Waals surface area contributed by atoms with E-state index in [-0.39, 0.29) is 30.1 Å². The molecule has 1 N–H and O–H groups in total. The number of nitrogens with one attached hydrogen (secondary N) is 1. The number of thioether (sulfide) groups is 1. The molecule has 4 nitrogen and oxygen atoms in total. The summed E-state index contributed by atoms with van der Waals surface area (Å²) in [4.78, 5) is 17.2. The van der Waals surface area contributed by atoms with Crippen LogP contribution >= 0.6 is 11.8 Å². The summed E-state index contributed by atoms with van der Waals surface area (Å²) in [5.74, 6) is -1.04. The second-order valence-corrected chi connectivity index (χ2v) is 6.40. The Kier molecular flexibility index (Phi) is 5.68. The summed E-state index contributed by atoms with van der Waals surface area (Å²) in [5.41, 5.74) is 0.845. The van der Waals surface area contributed by atoms with Gasteiger partial charge in [0.2, 0.25) is 5.91 Å². The van der Waals surface area contributed by atoms with Crippen LogP contribution in [-0.4, -0.2) is 17.1 Å². The van der Waals surface area contributed by atoms with Crippen molar-refractivity contribution in [1.29, 1.82) is 0 Å². The highest BCUT2D eigenvalue weighted by molar-refractivity contribution is 7.98. The molecule has 0 aliphatic heterocycles. The summed E-state index contributed by atoms with van der Waals surface area (Å²) in [5, 5.41) is 2.80. The molecule has 1 amide bonds. The third-order valence-electron chi connectivity index (χ3n) is 3.69. The number of rotatable bonds is 6. The molecule has 1 aromatic heterocycles. The fourth-order valence-corrected chi connectivity index (χ4v) is 2.77. The van der Waals surface area contributed by atoms with Gasteiger partial charge in [0.1, 0.15) is 11.6 Å². The predicted molar refractivity (Wildman–Crippen MR) is 97.0 cm³/mol. The lowest BCUT2D eigenvalue weighted by Gasteiger charge is -2.05. The summed E-state index contributed by atoms with van der Waals surface area (Å²) < 4.78 is 32.2. The van der Waals surface area contributed by atoms with Crippen LogP contribution in [0, 0.1) is 11.6 Å². The van der Waals surface area contributed by atoms with Gasteiger partial charge in [-0.3, -0.25) is 4.79 Å². The molecule has 0 fully saturated rings. The lowest BCUT2D eigenvalue weighted by Crippen LogP contribution is -2.12. The molecule has 0 radical (unpaired) electrons. The van der Waals surface area contributed by atoms with E-state index in [1.165, 1.54) is 12.3 Å². The third-order valence-corrected chi connectivity index (χ3v) is 4.43. The van der Waals surface area contributed by atoms with E-state index in [1.807, 2.05) is 30.5 Å². The van der Waals surface area contributed by atoms with Crippen LogP contribution in [0.25, 0.3) is 11.3 Å². The number of carbonyl (C=O) groups excluding carboxylic acids is 1. The van der Waals surface area contributed by atoms with E-state index >= 15 is 0 Å². The Hall–Kier alpha value is -2.67. The average molecular weight is 374 g/mol. The second-order valence-electron chi connectivity index (χ2n) is 5.52. The summed E-state index contributed by atoms with van der Waals surface area (Å²) in [6.45, 7) is 0. The number of hydrogen-bond acceptors (Lipinski definition) is 4. The minimum atomic E-state index is -0.723. The fraction of sp³-hybridized carbons (Fsp3) is 0.158. The highest BCUT2D eigenvalue weighted by Crippen LogP contribution is 2.24. The Morgan fingerprint density at radius 3 is 2.65 bits per heavy atom. The Bertz CT molecular complexity index is 910. The van der Waals surface area contributed by atoms with Crippen molar-refractivity contribution in [3.63, 3.8) is 0 Å². The van der Waals surface area contributed by atoms with Gasteiger partial charge in [0.05, 0.1) is 11.8 Å². The van der Waals surface area contributed by atoms with Crippen molar-refractivity contribution in [2.45, 2.75) is 17.7 Å². The molecule has 7 heteroatoms. The Morgan fingerprint density at radius 1 is 1.19 bits per heavy atom. The first kappa shape index (κ1) is 18.1. The van der Waals surface area contributed by atoms with Gasteiger partial charge in [-0.2, -0.15) is 0 Å². The predicted octanol–water partition coefficient (Wildman–Crippen LogP) is 4.91. The van der Waals surface area contributed by atoms with Crippen molar-refractivity contribution in [3.05, 3.63) is 66.2 Å². The molecular weight excluding hydrogens is 358 g/mol. The van der Waals surface area contributed by atoms with Gasteiger partial charge >= 0.3 is 0 Å². The second kappa shape index (κ2) is 8.14. The molecule has 0 unspecified atom stereocenters. The van der Waals surface area contributed by atoms with Crippen LogP contribution in [0.2, 0.25) is 0 Å². The van der Waals surface area contributed by atoms with Crippen LogP contribution in [0.5, 0.6) is 0 Å². The van der Waals surface area contributed by atoms with Crippen molar-refractivity contribution < 1.29 is 18.0 Å². The van der Waals surface area contributed by atoms with Gasteiger partial charge in [-0.15, -0.1) is 11.8 Å². The summed E-state index contributed by atoms with van der Waals surface area (Å²) in [6, 6.07) is 10.8. The average Bonchev–Trinajstić information content (AvgIpc) is 3.09. The van der Waals surface area contributed by atoms with Gasteiger partial charge < -0.3 is 9.73 Å². The molecule has 3 aromatic rings. The van der Waals surface area contributed by atoms with Crippen LogP contribution in [0.3, 0.4) is 0 Å². The molecule has 0 bridgehead atoms. The maximum absolute atomic E-state index is 13.8. The first-order valence-electron chi connectivity index (χ1n) is 7.89. The molecule has 26 heavy (non-hydrogen) atoms. The van der Waals surface area contributed by atoms with Crippen LogP contribution in [0.1, 0.15) is 12.3 Å². The van der Waals surface area contributed by atoms with Crippen molar-refractivity contribution in [1.82, 2.24) is 4.98 Å². The monoisotopic (exact) mass is 374 g/mol. The molecule has 3 rings (SSSR count). The van der Waals surface area contributed by atoms with Crippen molar-refractivity contribution in [2.75, 3.05) is 11.6 Å². The standard InChI is InChI=1S/C19H16F2N2O2S/c1-26-14-5-3-13(4-6-14)23-18(24)8-9-19-22-11-17(25-19)15-7-2-12(20)10-16(15)21/h2-7,10-11H,8-9H2,1H3,(H,23,24). The lowest BCUT2D eigenvalue weighted by atomic mass is 10.2. The van der Waals surface area contributed by atoms with Crippen LogP contribution in [0.15, 0.2) is 58.0 Å². The highest BCUT2D eigenvalue weighted by atomic mass is 32.2. The number of carbonyl (C=O) groups is 1. The molecule has 2 aromatic carbocycles. The third kappa shape index (κ3) is 4.49. The van der Waals surface area contributed by atoms with Crippen molar-refractivity contribution in [2.24, 2.45) is 0 Å². The Balaban J connectivity index is 1.58. The summed E-state index contributed by atoms with van der Waals surface area (Å²) in [6.07, 6.45) is 3.80. The molecule has 1 heterocycles. The minimum absolute atomic E-state index is 0.128. The van der Waals surface area contributed by atoms with E-state index in [1.54, 1.807) is 11.8 Å². The Morgan fingerprint density at radius 2 is 1.96 bits per heavy atom. The van der Waals surface area contributed by atoms with Crippen molar-refractivity contribution >= 4 is 23.4 Å². The van der Waals surface area contributed by atoms with E-state index in [9.17, 15) is 13.6 Å². The zero-order valence-corrected chi connectivity index (χ0v) is 14.8. The normalized spacial score (nSPS) is 10.7. The SMILES string of the molecule is CSc1ccc(NC(=O)CCc2ncc(-c3ccc(F)cc3F)o2)cc1. The van der Waals surface area contributed by atoms with E-state index in [4.69, 9.17) is 4.42 Å². The molecule has 134 valence electrons.